The number of fused-ring (bicyclic) bond motifs is 1. The average molecular weight is 267 g/mol. The Bertz CT molecular complexity index is 748. The molecule has 0 fully saturated rings. The van der Waals surface area contributed by atoms with Gasteiger partial charge in [-0.3, -0.25) is 4.98 Å². The van der Waals surface area contributed by atoms with Crippen LogP contribution < -0.4 is 0 Å². The average Bonchev–Trinajstić information content (AvgIpc) is 2.28. The summed E-state index contributed by atoms with van der Waals surface area (Å²) in [7, 11) is -3.37. The third-order valence-corrected chi connectivity index (χ3v) is 3.85. The minimum atomic E-state index is -3.37. The van der Waals surface area contributed by atoms with E-state index in [0.29, 0.717) is 10.9 Å². The Labute approximate surface area is 103 Å². The van der Waals surface area contributed by atoms with E-state index < -0.39 is 9.84 Å². The smallest absolute Gasteiger partial charge is 0.177 e. The maximum atomic E-state index is 11.6. The van der Waals surface area contributed by atoms with Gasteiger partial charge in [-0.1, -0.05) is 23.7 Å². The molecule has 1 heterocycles. The van der Waals surface area contributed by atoms with Crippen molar-refractivity contribution < 1.29 is 8.42 Å². The molecule has 0 spiro atoms. The molecule has 1 aromatic heterocycles. The van der Waals surface area contributed by atoms with Crippen molar-refractivity contribution in [2.24, 2.45) is 0 Å². The van der Waals surface area contributed by atoms with Crippen LogP contribution in [0.4, 0.5) is 0 Å². The van der Waals surface area contributed by atoms with Gasteiger partial charge in [-0.2, -0.15) is 5.26 Å². The molecule has 86 valence electrons. The second-order valence-corrected chi connectivity index (χ2v) is 5.88. The van der Waals surface area contributed by atoms with Gasteiger partial charge in [0.2, 0.25) is 0 Å². The van der Waals surface area contributed by atoms with E-state index in [1.54, 1.807) is 12.1 Å². The van der Waals surface area contributed by atoms with Gasteiger partial charge in [-0.05, 0) is 6.07 Å². The van der Waals surface area contributed by atoms with Crippen LogP contribution in [0.5, 0.6) is 0 Å². The van der Waals surface area contributed by atoms with Crippen LogP contribution in [-0.4, -0.2) is 19.7 Å². The number of hydrogen-bond donors (Lipinski definition) is 0. The SMILES string of the molecule is CS(=O)(=O)c1cccc2c(Cl)c(C#N)cnc12. The molecule has 2 rings (SSSR count). The van der Waals surface area contributed by atoms with Gasteiger partial charge in [0.1, 0.15) is 6.07 Å². The molecular formula is C11H7ClN2O2S. The molecule has 1 aromatic carbocycles. The second-order valence-electron chi connectivity index (χ2n) is 3.52. The van der Waals surface area contributed by atoms with Crippen LogP contribution in [0.2, 0.25) is 5.02 Å². The number of sulfone groups is 1. The maximum Gasteiger partial charge on any atom is 0.177 e. The predicted octanol–water partition coefficient (Wildman–Crippen LogP) is 2.16. The number of para-hydroxylation sites is 1. The highest BCUT2D eigenvalue weighted by atomic mass is 35.5. The monoisotopic (exact) mass is 266 g/mol. The molecule has 0 saturated carbocycles. The number of nitriles is 1. The fourth-order valence-corrected chi connectivity index (χ4v) is 2.62. The third kappa shape index (κ3) is 1.97. The molecule has 0 N–H and O–H groups in total. The summed E-state index contributed by atoms with van der Waals surface area (Å²) in [6.07, 6.45) is 2.38. The van der Waals surface area contributed by atoms with E-state index in [-0.39, 0.29) is 15.5 Å². The summed E-state index contributed by atoms with van der Waals surface area (Å²) < 4.78 is 23.1. The zero-order valence-electron chi connectivity index (χ0n) is 8.81. The molecular weight excluding hydrogens is 260 g/mol. The molecule has 0 amide bonds. The Morgan fingerprint density at radius 3 is 2.71 bits per heavy atom. The van der Waals surface area contributed by atoms with Gasteiger partial charge in [0.25, 0.3) is 0 Å². The van der Waals surface area contributed by atoms with Crippen molar-refractivity contribution in [2.75, 3.05) is 6.26 Å². The van der Waals surface area contributed by atoms with Gasteiger partial charge >= 0.3 is 0 Å². The van der Waals surface area contributed by atoms with Crippen molar-refractivity contribution >= 4 is 32.3 Å². The summed E-state index contributed by atoms with van der Waals surface area (Å²) in [5.41, 5.74) is 0.517. The first-order valence-corrected chi connectivity index (χ1v) is 6.89. The third-order valence-electron chi connectivity index (χ3n) is 2.31. The van der Waals surface area contributed by atoms with Crippen LogP contribution >= 0.6 is 11.6 Å². The predicted molar refractivity (Wildman–Crippen MR) is 64.6 cm³/mol. The van der Waals surface area contributed by atoms with Crippen LogP contribution in [0.1, 0.15) is 5.56 Å². The van der Waals surface area contributed by atoms with Gasteiger partial charge in [0, 0.05) is 17.8 Å². The van der Waals surface area contributed by atoms with Gasteiger partial charge in [0.15, 0.2) is 9.84 Å². The van der Waals surface area contributed by atoms with Crippen molar-refractivity contribution in [1.82, 2.24) is 4.98 Å². The fraction of sp³-hybridized carbons (Fsp3) is 0.0909. The van der Waals surface area contributed by atoms with Crippen LogP contribution in [0.25, 0.3) is 10.9 Å². The lowest BCUT2D eigenvalue weighted by molar-refractivity contribution is 0.602. The Kier molecular flexibility index (Phi) is 2.77. The van der Waals surface area contributed by atoms with Crippen LogP contribution in [0.15, 0.2) is 29.3 Å². The minimum absolute atomic E-state index is 0.112. The van der Waals surface area contributed by atoms with E-state index in [4.69, 9.17) is 16.9 Å². The lowest BCUT2D eigenvalue weighted by atomic mass is 10.2. The Morgan fingerprint density at radius 2 is 2.12 bits per heavy atom. The summed E-state index contributed by atoms with van der Waals surface area (Å²) in [6.45, 7) is 0. The van der Waals surface area contributed by atoms with Crippen molar-refractivity contribution in [3.63, 3.8) is 0 Å². The highest BCUT2D eigenvalue weighted by Gasteiger charge is 2.15. The normalized spacial score (nSPS) is 11.4. The lowest BCUT2D eigenvalue weighted by Gasteiger charge is -2.05. The molecule has 0 unspecified atom stereocenters. The van der Waals surface area contributed by atoms with Gasteiger partial charge in [0.05, 0.1) is 21.0 Å². The van der Waals surface area contributed by atoms with Crippen molar-refractivity contribution in [3.05, 3.63) is 35.0 Å². The van der Waals surface area contributed by atoms with Gasteiger partial charge in [-0.25, -0.2) is 8.42 Å². The molecule has 6 heteroatoms. The number of benzene rings is 1. The highest BCUT2D eigenvalue weighted by Crippen LogP contribution is 2.29. The minimum Gasteiger partial charge on any atom is -0.253 e. The highest BCUT2D eigenvalue weighted by molar-refractivity contribution is 7.91. The largest absolute Gasteiger partial charge is 0.253 e. The standard InChI is InChI=1S/C11H7ClN2O2S/c1-17(15,16)9-4-2-3-8-10(12)7(5-13)6-14-11(8)9/h2-4,6H,1H3. The first kappa shape index (κ1) is 11.8. The van der Waals surface area contributed by atoms with E-state index in [2.05, 4.69) is 4.98 Å². The second kappa shape index (κ2) is 3.99. The molecule has 2 aromatic rings. The number of rotatable bonds is 1. The van der Waals surface area contributed by atoms with E-state index in [9.17, 15) is 8.42 Å². The zero-order valence-corrected chi connectivity index (χ0v) is 10.4. The first-order chi connectivity index (χ1) is 7.95. The van der Waals surface area contributed by atoms with E-state index in [1.807, 2.05) is 6.07 Å². The van der Waals surface area contributed by atoms with Gasteiger partial charge < -0.3 is 0 Å². The quantitative estimate of drug-likeness (QED) is 0.793. The van der Waals surface area contributed by atoms with Crippen LogP contribution in [0, 0.1) is 11.3 Å². The number of hydrogen-bond acceptors (Lipinski definition) is 4. The molecule has 0 atom stereocenters. The molecule has 17 heavy (non-hydrogen) atoms. The molecule has 0 aliphatic heterocycles. The number of nitrogens with zero attached hydrogens (tertiary/aromatic N) is 2. The molecule has 0 bridgehead atoms. The van der Waals surface area contributed by atoms with E-state index >= 15 is 0 Å². The van der Waals surface area contributed by atoms with Gasteiger partial charge in [-0.15, -0.1) is 0 Å². The molecule has 0 saturated heterocycles. The maximum absolute atomic E-state index is 11.6. The van der Waals surface area contributed by atoms with Crippen molar-refractivity contribution in [3.8, 4) is 6.07 Å². The van der Waals surface area contributed by atoms with E-state index in [0.717, 1.165) is 6.26 Å². The molecule has 4 nitrogen and oxygen atoms in total. The summed E-state index contributed by atoms with van der Waals surface area (Å²) in [4.78, 5) is 4.11. The molecule has 0 aliphatic carbocycles. The summed E-state index contributed by atoms with van der Waals surface area (Å²) >= 11 is 6.01. The van der Waals surface area contributed by atoms with Crippen molar-refractivity contribution in [2.45, 2.75) is 4.90 Å². The lowest BCUT2D eigenvalue weighted by Crippen LogP contribution is -1.99. The van der Waals surface area contributed by atoms with Crippen LogP contribution in [-0.2, 0) is 9.84 Å². The fourth-order valence-electron chi connectivity index (χ4n) is 1.54. The zero-order chi connectivity index (χ0) is 12.6. The van der Waals surface area contributed by atoms with Crippen molar-refractivity contribution in [1.29, 1.82) is 5.26 Å². The summed E-state index contributed by atoms with van der Waals surface area (Å²) in [5, 5.41) is 9.51. The summed E-state index contributed by atoms with van der Waals surface area (Å²) in [5.74, 6) is 0. The number of pyridine rings is 1. The first-order valence-electron chi connectivity index (χ1n) is 4.62. The molecule has 0 aliphatic rings. The number of halogens is 1. The van der Waals surface area contributed by atoms with Crippen LogP contribution in [0.3, 0.4) is 0 Å². The Balaban J connectivity index is 2.96. The summed E-state index contributed by atoms with van der Waals surface area (Å²) in [6, 6.07) is 6.58. The topological polar surface area (TPSA) is 70.8 Å². The Hall–Kier alpha value is -1.64. The Morgan fingerprint density at radius 1 is 1.41 bits per heavy atom. The number of aromatic nitrogens is 1. The van der Waals surface area contributed by atoms with E-state index in [1.165, 1.54) is 12.3 Å². The molecule has 0 radical (unpaired) electrons.